The first-order valence-electron chi connectivity index (χ1n) is 6.97. The lowest BCUT2D eigenvalue weighted by Crippen LogP contribution is -2.23. The molecule has 0 aliphatic heterocycles. The fourth-order valence-electron chi connectivity index (χ4n) is 1.76. The van der Waals surface area contributed by atoms with Gasteiger partial charge in [-0.1, -0.05) is 48.5 Å². The van der Waals surface area contributed by atoms with E-state index >= 15 is 0 Å². The number of hydrogen-bond acceptors (Lipinski definition) is 3. The predicted octanol–water partition coefficient (Wildman–Crippen LogP) is 3.09. The summed E-state index contributed by atoms with van der Waals surface area (Å²) in [6.07, 6.45) is 1.02. The van der Waals surface area contributed by atoms with Gasteiger partial charge < -0.3 is 4.74 Å². The summed E-state index contributed by atoms with van der Waals surface area (Å²) >= 11 is 0. The molecule has 21 heavy (non-hydrogen) atoms. The number of carbonyl (C=O) groups excluding carboxylic acids is 1. The molecular weight excluding hydrogens is 266 g/mol. The van der Waals surface area contributed by atoms with E-state index in [1.807, 2.05) is 60.7 Å². The highest BCUT2D eigenvalue weighted by Crippen LogP contribution is 2.08. The molecule has 0 aromatic heterocycles. The molecule has 0 bridgehead atoms. The number of rotatable bonds is 8. The van der Waals surface area contributed by atoms with E-state index in [0.717, 1.165) is 11.3 Å². The first-order chi connectivity index (χ1) is 10.3. The summed E-state index contributed by atoms with van der Waals surface area (Å²) in [5, 5.41) is 0. The topological polar surface area (TPSA) is 47.6 Å². The van der Waals surface area contributed by atoms with Gasteiger partial charge in [0.1, 0.15) is 5.75 Å². The zero-order valence-electron chi connectivity index (χ0n) is 11.8. The number of para-hydroxylation sites is 1. The van der Waals surface area contributed by atoms with Crippen molar-refractivity contribution in [3.05, 3.63) is 66.2 Å². The van der Waals surface area contributed by atoms with E-state index in [1.54, 1.807) is 0 Å². The fraction of sp³-hybridized carbons (Fsp3) is 0.235. The maximum atomic E-state index is 11.6. The molecule has 0 saturated carbocycles. The van der Waals surface area contributed by atoms with Gasteiger partial charge in [0.25, 0.3) is 0 Å². The second kappa shape index (κ2) is 8.76. The summed E-state index contributed by atoms with van der Waals surface area (Å²) in [5.74, 6) is 0.681. The second-order valence-electron chi connectivity index (χ2n) is 4.56. The van der Waals surface area contributed by atoms with Crippen LogP contribution in [0, 0.1) is 0 Å². The lowest BCUT2D eigenvalue weighted by atomic mass is 10.2. The number of benzene rings is 2. The summed E-state index contributed by atoms with van der Waals surface area (Å²) in [6.45, 7) is 0.878. The van der Waals surface area contributed by atoms with E-state index in [4.69, 9.17) is 9.57 Å². The zero-order chi connectivity index (χ0) is 14.8. The van der Waals surface area contributed by atoms with Gasteiger partial charge in [-0.3, -0.25) is 9.63 Å². The van der Waals surface area contributed by atoms with Gasteiger partial charge >= 0.3 is 0 Å². The normalized spacial score (nSPS) is 10.1. The predicted molar refractivity (Wildman–Crippen MR) is 80.5 cm³/mol. The summed E-state index contributed by atoms with van der Waals surface area (Å²) in [7, 11) is 0. The SMILES string of the molecule is O=C(CCCOc1ccccc1)NOCc1ccccc1. The summed E-state index contributed by atoms with van der Waals surface area (Å²) in [4.78, 5) is 16.7. The second-order valence-corrected chi connectivity index (χ2v) is 4.56. The molecule has 0 heterocycles. The zero-order valence-corrected chi connectivity index (χ0v) is 11.8. The molecule has 0 radical (unpaired) electrons. The lowest BCUT2D eigenvalue weighted by molar-refractivity contribution is -0.134. The van der Waals surface area contributed by atoms with Gasteiger partial charge in [-0.2, -0.15) is 0 Å². The van der Waals surface area contributed by atoms with Gasteiger partial charge in [-0.15, -0.1) is 0 Å². The highest BCUT2D eigenvalue weighted by atomic mass is 16.6. The third-order valence-corrected chi connectivity index (χ3v) is 2.83. The molecule has 1 amide bonds. The molecule has 2 rings (SSSR count). The summed E-state index contributed by atoms with van der Waals surface area (Å²) in [5.41, 5.74) is 3.45. The molecule has 0 fully saturated rings. The Morgan fingerprint density at radius 3 is 2.33 bits per heavy atom. The Balaban J connectivity index is 1.54. The van der Waals surface area contributed by atoms with Crippen molar-refractivity contribution >= 4 is 5.91 Å². The Labute approximate surface area is 124 Å². The monoisotopic (exact) mass is 285 g/mol. The van der Waals surface area contributed by atoms with Crippen molar-refractivity contribution in [2.24, 2.45) is 0 Å². The van der Waals surface area contributed by atoms with Crippen LogP contribution < -0.4 is 10.2 Å². The van der Waals surface area contributed by atoms with Crippen LogP contribution in [0.25, 0.3) is 0 Å². The lowest BCUT2D eigenvalue weighted by Gasteiger charge is -2.07. The van der Waals surface area contributed by atoms with Gasteiger partial charge in [0.05, 0.1) is 13.2 Å². The smallest absolute Gasteiger partial charge is 0.243 e. The van der Waals surface area contributed by atoms with Crippen molar-refractivity contribution in [1.82, 2.24) is 5.48 Å². The number of hydroxylamine groups is 1. The number of nitrogens with one attached hydrogen (secondary N) is 1. The molecule has 4 nitrogen and oxygen atoms in total. The molecule has 0 saturated heterocycles. The summed E-state index contributed by atoms with van der Waals surface area (Å²) < 4.78 is 5.51. The van der Waals surface area contributed by atoms with E-state index in [1.165, 1.54) is 0 Å². The van der Waals surface area contributed by atoms with Gasteiger partial charge in [0, 0.05) is 6.42 Å². The first-order valence-corrected chi connectivity index (χ1v) is 6.97. The van der Waals surface area contributed by atoms with E-state index in [-0.39, 0.29) is 5.91 Å². The largest absolute Gasteiger partial charge is 0.494 e. The average Bonchev–Trinajstić information content (AvgIpc) is 2.54. The number of amides is 1. The molecule has 0 spiro atoms. The van der Waals surface area contributed by atoms with Crippen LogP contribution >= 0.6 is 0 Å². The Morgan fingerprint density at radius 2 is 1.62 bits per heavy atom. The van der Waals surface area contributed by atoms with Crippen LogP contribution in [0.15, 0.2) is 60.7 Å². The molecule has 0 aliphatic carbocycles. The van der Waals surface area contributed by atoms with Crippen LogP contribution in [0.1, 0.15) is 18.4 Å². The van der Waals surface area contributed by atoms with Gasteiger partial charge in [-0.05, 0) is 24.1 Å². The molecule has 2 aromatic carbocycles. The van der Waals surface area contributed by atoms with Crippen LogP contribution in [-0.2, 0) is 16.2 Å². The van der Waals surface area contributed by atoms with Crippen molar-refractivity contribution in [2.45, 2.75) is 19.4 Å². The molecular formula is C17H19NO3. The number of carbonyl (C=O) groups is 1. The minimum atomic E-state index is -0.136. The molecule has 2 aromatic rings. The van der Waals surface area contributed by atoms with E-state index in [2.05, 4.69) is 5.48 Å². The van der Waals surface area contributed by atoms with Gasteiger partial charge in [0.2, 0.25) is 5.91 Å². The number of hydrogen-bond donors (Lipinski definition) is 1. The quantitative estimate of drug-likeness (QED) is 0.599. The average molecular weight is 285 g/mol. The molecule has 0 unspecified atom stereocenters. The van der Waals surface area contributed by atoms with Gasteiger partial charge in [-0.25, -0.2) is 5.48 Å². The molecule has 0 atom stereocenters. The minimum absolute atomic E-state index is 0.136. The fourth-order valence-corrected chi connectivity index (χ4v) is 1.76. The summed E-state index contributed by atoms with van der Waals surface area (Å²) in [6, 6.07) is 19.2. The van der Waals surface area contributed by atoms with Gasteiger partial charge in [0.15, 0.2) is 0 Å². The molecule has 1 N–H and O–H groups in total. The van der Waals surface area contributed by atoms with Crippen molar-refractivity contribution in [2.75, 3.05) is 6.61 Å². The van der Waals surface area contributed by atoms with Crippen LogP contribution in [0.2, 0.25) is 0 Å². The first kappa shape index (κ1) is 15.1. The molecule has 110 valence electrons. The highest BCUT2D eigenvalue weighted by Gasteiger charge is 2.01. The van der Waals surface area contributed by atoms with Crippen molar-refractivity contribution < 1.29 is 14.4 Å². The number of ether oxygens (including phenoxy) is 1. The van der Waals surface area contributed by atoms with Crippen molar-refractivity contribution in [3.8, 4) is 5.75 Å². The Morgan fingerprint density at radius 1 is 0.952 bits per heavy atom. The third-order valence-electron chi connectivity index (χ3n) is 2.83. The van der Waals surface area contributed by atoms with E-state index < -0.39 is 0 Å². The van der Waals surface area contributed by atoms with Crippen molar-refractivity contribution in [1.29, 1.82) is 0 Å². The van der Waals surface area contributed by atoms with Crippen molar-refractivity contribution in [3.63, 3.8) is 0 Å². The van der Waals surface area contributed by atoms with Crippen LogP contribution in [0.5, 0.6) is 5.75 Å². The van der Waals surface area contributed by atoms with E-state index in [9.17, 15) is 4.79 Å². The maximum Gasteiger partial charge on any atom is 0.243 e. The van der Waals surface area contributed by atoms with Crippen LogP contribution in [-0.4, -0.2) is 12.5 Å². The minimum Gasteiger partial charge on any atom is -0.494 e. The molecule has 0 aliphatic rings. The highest BCUT2D eigenvalue weighted by molar-refractivity contribution is 5.74. The van der Waals surface area contributed by atoms with E-state index in [0.29, 0.717) is 26.1 Å². The Bertz CT molecular complexity index is 528. The van der Waals surface area contributed by atoms with Crippen LogP contribution in [0.3, 0.4) is 0 Å². The maximum absolute atomic E-state index is 11.6. The standard InChI is InChI=1S/C17H19NO3/c19-17(18-21-14-15-8-3-1-4-9-15)12-7-13-20-16-10-5-2-6-11-16/h1-6,8-11H,7,12-14H2,(H,18,19). The Kier molecular flexibility index (Phi) is 6.29. The molecule has 4 heteroatoms. The van der Waals surface area contributed by atoms with Crippen LogP contribution in [0.4, 0.5) is 0 Å². The third kappa shape index (κ3) is 6.10. The Hall–Kier alpha value is -2.33.